The molecule has 1 aliphatic heterocycles. The molecule has 0 unspecified atom stereocenters. The molecule has 1 aliphatic rings. The van der Waals surface area contributed by atoms with Crippen LogP contribution in [0.15, 0.2) is 84.0 Å². The number of para-hydroxylation sites is 1. The zero-order chi connectivity index (χ0) is 26.9. The summed E-state index contributed by atoms with van der Waals surface area (Å²) >= 11 is 1.63. The number of rotatable bonds is 3. The van der Waals surface area contributed by atoms with Crippen LogP contribution >= 0.6 is 11.3 Å². The molecule has 0 atom stereocenters. The Balaban J connectivity index is 0.000000374. The molecule has 0 spiro atoms. The van der Waals surface area contributed by atoms with E-state index >= 15 is 0 Å². The van der Waals surface area contributed by atoms with Gasteiger partial charge in [-0.3, -0.25) is 14.8 Å². The zero-order valence-electron chi connectivity index (χ0n) is 19.8. The number of carbonyl (C=O) groups excluding carboxylic acids is 1. The van der Waals surface area contributed by atoms with Crippen molar-refractivity contribution in [2.75, 3.05) is 6.54 Å². The Bertz CT molecular complexity index is 1640. The molecule has 5 heterocycles. The van der Waals surface area contributed by atoms with Crippen LogP contribution in [0.1, 0.15) is 16.1 Å². The molecule has 5 aromatic rings. The Morgan fingerprint density at radius 2 is 1.82 bits per heavy atom. The number of allylic oxidation sites excluding steroid dienone is 1. The van der Waals surface area contributed by atoms with Gasteiger partial charge in [0.25, 0.3) is 5.91 Å². The highest BCUT2D eigenvalue weighted by Gasteiger charge is 2.31. The predicted octanol–water partition coefficient (Wildman–Crippen LogP) is 6.93. The molecule has 0 fully saturated rings. The number of aliphatic hydroxyl groups is 1. The third-order valence-electron chi connectivity index (χ3n) is 6.04. The van der Waals surface area contributed by atoms with Gasteiger partial charge in [-0.1, -0.05) is 24.8 Å². The molecule has 1 aromatic carbocycles. The van der Waals surface area contributed by atoms with Crippen molar-refractivity contribution < 1.29 is 23.1 Å². The van der Waals surface area contributed by atoms with Gasteiger partial charge in [0.05, 0.1) is 22.5 Å². The van der Waals surface area contributed by atoms with E-state index in [2.05, 4.69) is 56.5 Å². The summed E-state index contributed by atoms with van der Waals surface area (Å²) in [7, 11) is 0. The number of benzene rings is 1. The summed E-state index contributed by atoms with van der Waals surface area (Å²) in [4.78, 5) is 25.4. The summed E-state index contributed by atoms with van der Waals surface area (Å²) in [5, 5.41) is 15.8. The first-order valence-electron chi connectivity index (χ1n) is 11.5. The number of aromatic nitrogens is 3. The number of pyridine rings is 2. The fourth-order valence-corrected chi connectivity index (χ4v) is 4.89. The van der Waals surface area contributed by atoms with Crippen molar-refractivity contribution in [1.82, 2.24) is 20.3 Å². The molecule has 4 aromatic heterocycles. The van der Waals surface area contributed by atoms with E-state index in [9.17, 15) is 18.0 Å². The summed E-state index contributed by atoms with van der Waals surface area (Å²) in [5.41, 5.74) is 8.50. The molecular formula is C28H21F3N4O2S. The van der Waals surface area contributed by atoms with Crippen molar-refractivity contribution in [1.29, 1.82) is 0 Å². The smallest absolute Gasteiger partial charge is 0.448 e. The van der Waals surface area contributed by atoms with Crippen LogP contribution in [0.4, 0.5) is 13.2 Å². The normalized spacial score (nSPS) is 12.9. The predicted molar refractivity (Wildman–Crippen MR) is 142 cm³/mol. The van der Waals surface area contributed by atoms with Gasteiger partial charge in [-0.2, -0.15) is 24.5 Å². The highest BCUT2D eigenvalue weighted by atomic mass is 32.1. The molecule has 3 N–H and O–H groups in total. The van der Waals surface area contributed by atoms with Crippen molar-refractivity contribution in [3.8, 4) is 33.6 Å². The van der Waals surface area contributed by atoms with Crippen LogP contribution in [-0.4, -0.2) is 38.7 Å². The Morgan fingerprint density at radius 1 is 1.03 bits per heavy atom. The van der Waals surface area contributed by atoms with Gasteiger partial charge >= 0.3 is 6.18 Å². The van der Waals surface area contributed by atoms with Gasteiger partial charge < -0.3 is 15.4 Å². The van der Waals surface area contributed by atoms with Crippen molar-refractivity contribution in [3.63, 3.8) is 0 Å². The van der Waals surface area contributed by atoms with E-state index in [1.165, 1.54) is 0 Å². The van der Waals surface area contributed by atoms with E-state index in [4.69, 9.17) is 5.11 Å². The summed E-state index contributed by atoms with van der Waals surface area (Å²) in [6.45, 7) is 2.91. The lowest BCUT2D eigenvalue weighted by Gasteiger charge is -2.13. The van der Waals surface area contributed by atoms with E-state index in [1.54, 1.807) is 11.3 Å². The van der Waals surface area contributed by atoms with Crippen LogP contribution in [0.2, 0.25) is 0 Å². The van der Waals surface area contributed by atoms with E-state index < -0.39 is 11.9 Å². The minimum atomic E-state index is -4.64. The monoisotopic (exact) mass is 534 g/mol. The lowest BCUT2D eigenvalue weighted by molar-refractivity contribution is -0.119. The molecular weight excluding hydrogens is 513 g/mol. The quantitative estimate of drug-likeness (QED) is 0.219. The third-order valence-corrected chi connectivity index (χ3v) is 6.72. The summed E-state index contributed by atoms with van der Waals surface area (Å²) < 4.78 is 32.5. The van der Waals surface area contributed by atoms with Crippen LogP contribution in [-0.2, 0) is 6.42 Å². The van der Waals surface area contributed by atoms with Crippen LogP contribution in [0.3, 0.4) is 0 Å². The van der Waals surface area contributed by atoms with E-state index in [0.29, 0.717) is 6.54 Å². The minimum absolute atomic E-state index is 0.0158. The van der Waals surface area contributed by atoms with Gasteiger partial charge in [0.2, 0.25) is 0 Å². The summed E-state index contributed by atoms with van der Waals surface area (Å²) in [5.74, 6) is -1.77. The maximum atomic E-state index is 12.7. The SMILES string of the molecule is C=C(O)C(F)(F)F.O=C1NCCc2[nH]c(-c3ccnc(-c4cnc5ccccc5c4)c3)c(-c3ccsc3)c21. The van der Waals surface area contributed by atoms with Crippen molar-refractivity contribution in [3.05, 3.63) is 95.3 Å². The molecule has 0 bridgehead atoms. The fourth-order valence-electron chi connectivity index (χ4n) is 4.25. The topological polar surface area (TPSA) is 90.9 Å². The van der Waals surface area contributed by atoms with Gasteiger partial charge in [0, 0.05) is 53.1 Å². The van der Waals surface area contributed by atoms with Gasteiger partial charge in [0.15, 0.2) is 5.76 Å². The fraction of sp³-hybridized carbons (Fsp3) is 0.107. The number of carbonyl (C=O) groups is 1. The Hall–Kier alpha value is -4.44. The largest absolute Gasteiger partial charge is 0.505 e. The standard InChI is InChI=1S/C25H18N4OS.C3H3F3O/c30-25-23-20(6-9-27-25)29-24(22(23)17-7-10-31-14-17)16-5-8-26-21(12-16)18-11-15-3-1-2-4-19(15)28-13-18;1-2(7)3(4,5)6/h1-5,7-8,10-14,29H,6,9H2,(H,27,30);7H,1H2. The number of hydrogen-bond acceptors (Lipinski definition) is 5. The first-order valence-corrected chi connectivity index (χ1v) is 12.5. The van der Waals surface area contributed by atoms with Gasteiger partial charge in [0.1, 0.15) is 0 Å². The number of fused-ring (bicyclic) bond motifs is 2. The van der Waals surface area contributed by atoms with Gasteiger partial charge in [-0.15, -0.1) is 0 Å². The second-order valence-electron chi connectivity index (χ2n) is 8.54. The number of aliphatic hydroxyl groups excluding tert-OH is 1. The number of H-pyrrole nitrogens is 1. The number of alkyl halides is 3. The minimum Gasteiger partial charge on any atom is -0.505 e. The molecule has 192 valence electrons. The molecule has 10 heteroatoms. The van der Waals surface area contributed by atoms with Crippen LogP contribution in [0, 0.1) is 0 Å². The van der Waals surface area contributed by atoms with E-state index in [0.717, 1.165) is 62.2 Å². The average Bonchev–Trinajstić information content (AvgIpc) is 3.57. The molecule has 1 amide bonds. The highest BCUT2D eigenvalue weighted by Crippen LogP contribution is 2.39. The number of nitrogens with one attached hydrogen (secondary N) is 2. The van der Waals surface area contributed by atoms with Crippen molar-refractivity contribution >= 4 is 28.1 Å². The van der Waals surface area contributed by atoms with Crippen LogP contribution < -0.4 is 5.32 Å². The zero-order valence-corrected chi connectivity index (χ0v) is 20.7. The molecule has 6 nitrogen and oxygen atoms in total. The number of thiophene rings is 1. The molecule has 38 heavy (non-hydrogen) atoms. The number of amides is 1. The van der Waals surface area contributed by atoms with Crippen molar-refractivity contribution in [2.24, 2.45) is 0 Å². The Kier molecular flexibility index (Phi) is 6.73. The van der Waals surface area contributed by atoms with E-state index in [1.807, 2.05) is 42.0 Å². The average molecular weight is 535 g/mol. The maximum absolute atomic E-state index is 12.7. The lowest BCUT2D eigenvalue weighted by atomic mass is 9.96. The molecule has 0 saturated carbocycles. The first-order chi connectivity index (χ1) is 18.2. The molecule has 0 radical (unpaired) electrons. The maximum Gasteiger partial charge on any atom is 0.448 e. The van der Waals surface area contributed by atoms with Crippen LogP contribution in [0.25, 0.3) is 44.5 Å². The second kappa shape index (κ2) is 10.1. The van der Waals surface area contributed by atoms with Crippen molar-refractivity contribution in [2.45, 2.75) is 12.6 Å². The molecule has 0 saturated heterocycles. The number of halogens is 3. The lowest BCUT2D eigenvalue weighted by Crippen LogP contribution is -2.31. The Labute approximate surface area is 219 Å². The van der Waals surface area contributed by atoms with Crippen LogP contribution in [0.5, 0.6) is 0 Å². The summed E-state index contributed by atoms with van der Waals surface area (Å²) in [6, 6.07) is 16.3. The first kappa shape index (κ1) is 25.2. The van der Waals surface area contributed by atoms with E-state index in [-0.39, 0.29) is 5.91 Å². The highest BCUT2D eigenvalue weighted by molar-refractivity contribution is 7.08. The third kappa shape index (κ3) is 5.03. The van der Waals surface area contributed by atoms with Gasteiger partial charge in [-0.25, -0.2) is 0 Å². The van der Waals surface area contributed by atoms with Gasteiger partial charge in [-0.05, 0) is 46.7 Å². The number of nitrogens with zero attached hydrogens (tertiary/aromatic N) is 2. The second-order valence-corrected chi connectivity index (χ2v) is 9.32. The molecule has 0 aliphatic carbocycles. The summed E-state index contributed by atoms with van der Waals surface area (Å²) in [6.07, 6.45) is -0.163. The Morgan fingerprint density at radius 3 is 2.55 bits per heavy atom. The molecule has 6 rings (SSSR count). The number of hydrogen-bond donors (Lipinski definition) is 3. The number of aromatic amines is 1.